The van der Waals surface area contributed by atoms with Crippen molar-refractivity contribution in [2.24, 2.45) is 5.92 Å². The fraction of sp³-hybridized carbons (Fsp3) is 0.625. The Morgan fingerprint density at radius 3 is 2.63 bits per heavy atom. The van der Waals surface area contributed by atoms with Crippen LogP contribution in [0.3, 0.4) is 0 Å². The summed E-state index contributed by atoms with van der Waals surface area (Å²) in [6.07, 6.45) is 6.75. The van der Waals surface area contributed by atoms with Gasteiger partial charge < -0.3 is 5.32 Å². The van der Waals surface area contributed by atoms with Gasteiger partial charge in [-0.25, -0.2) is 8.78 Å². The lowest BCUT2D eigenvalue weighted by molar-refractivity contribution is 0.353. The van der Waals surface area contributed by atoms with Crippen LogP contribution in [0.5, 0.6) is 0 Å². The minimum absolute atomic E-state index is 0.322. The molecule has 0 saturated heterocycles. The van der Waals surface area contributed by atoms with Crippen molar-refractivity contribution >= 4 is 0 Å². The zero-order valence-corrected chi connectivity index (χ0v) is 11.6. The highest BCUT2D eigenvalue weighted by atomic mass is 19.1. The number of nitrogens with one attached hydrogen (secondary N) is 1. The third-order valence-electron chi connectivity index (χ3n) is 4.08. The predicted molar refractivity (Wildman–Crippen MR) is 74.1 cm³/mol. The van der Waals surface area contributed by atoms with E-state index >= 15 is 0 Å². The van der Waals surface area contributed by atoms with Crippen LogP contribution in [-0.2, 0) is 6.42 Å². The molecule has 19 heavy (non-hydrogen) atoms. The molecular formula is C16H23F2N. The molecule has 1 unspecified atom stereocenters. The van der Waals surface area contributed by atoms with E-state index in [1.54, 1.807) is 6.07 Å². The van der Waals surface area contributed by atoms with E-state index < -0.39 is 11.6 Å². The van der Waals surface area contributed by atoms with Gasteiger partial charge in [-0.05, 0) is 49.8 Å². The molecule has 0 heterocycles. The molecule has 3 heteroatoms. The van der Waals surface area contributed by atoms with Gasteiger partial charge in [0.25, 0.3) is 0 Å². The maximum absolute atomic E-state index is 13.8. The van der Waals surface area contributed by atoms with Crippen LogP contribution in [-0.4, -0.2) is 12.6 Å². The SMILES string of the molecule is CCCNC(Cc1ccc(F)cc1F)C1CCCC1. The Kier molecular flexibility index (Phi) is 5.32. The van der Waals surface area contributed by atoms with Crippen molar-refractivity contribution in [2.45, 2.75) is 51.5 Å². The Morgan fingerprint density at radius 1 is 1.26 bits per heavy atom. The van der Waals surface area contributed by atoms with Crippen molar-refractivity contribution in [3.8, 4) is 0 Å². The molecule has 1 atom stereocenters. The van der Waals surface area contributed by atoms with E-state index in [1.165, 1.54) is 31.7 Å². The third kappa shape index (κ3) is 4.00. The van der Waals surface area contributed by atoms with E-state index in [4.69, 9.17) is 0 Å². The second-order valence-electron chi connectivity index (χ2n) is 5.55. The normalized spacial score (nSPS) is 17.8. The molecule has 2 rings (SSSR count). The van der Waals surface area contributed by atoms with Gasteiger partial charge in [0.15, 0.2) is 0 Å². The largest absolute Gasteiger partial charge is 0.313 e. The quantitative estimate of drug-likeness (QED) is 0.819. The summed E-state index contributed by atoms with van der Waals surface area (Å²) >= 11 is 0. The highest BCUT2D eigenvalue weighted by Crippen LogP contribution is 2.29. The van der Waals surface area contributed by atoms with Crippen molar-refractivity contribution in [3.05, 3.63) is 35.4 Å². The highest BCUT2D eigenvalue weighted by molar-refractivity contribution is 5.20. The van der Waals surface area contributed by atoms with E-state index in [9.17, 15) is 8.78 Å². The molecule has 1 saturated carbocycles. The standard InChI is InChI=1S/C16H23F2N/c1-2-9-19-16(12-5-3-4-6-12)10-13-7-8-14(17)11-15(13)18/h7-8,11-12,16,19H,2-6,9-10H2,1H3. The first-order valence-electron chi connectivity index (χ1n) is 7.38. The molecule has 0 radical (unpaired) electrons. The van der Waals surface area contributed by atoms with Gasteiger partial charge in [-0.15, -0.1) is 0 Å². The van der Waals surface area contributed by atoms with Crippen LogP contribution < -0.4 is 5.32 Å². The maximum atomic E-state index is 13.8. The van der Waals surface area contributed by atoms with Gasteiger partial charge in [0, 0.05) is 12.1 Å². The molecule has 0 bridgehead atoms. The summed E-state index contributed by atoms with van der Waals surface area (Å²) in [6.45, 7) is 3.10. The zero-order valence-electron chi connectivity index (χ0n) is 11.6. The maximum Gasteiger partial charge on any atom is 0.129 e. The van der Waals surface area contributed by atoms with Crippen molar-refractivity contribution in [3.63, 3.8) is 0 Å². The molecule has 1 aliphatic rings. The summed E-state index contributed by atoms with van der Waals surface area (Å²) in [4.78, 5) is 0. The van der Waals surface area contributed by atoms with Crippen LogP contribution >= 0.6 is 0 Å². The summed E-state index contributed by atoms with van der Waals surface area (Å²) in [6, 6.07) is 4.24. The molecule has 106 valence electrons. The van der Waals surface area contributed by atoms with Crippen molar-refractivity contribution < 1.29 is 8.78 Å². The fourth-order valence-corrected chi connectivity index (χ4v) is 3.02. The van der Waals surface area contributed by atoms with E-state index in [0.717, 1.165) is 19.0 Å². The van der Waals surface area contributed by atoms with Gasteiger partial charge in [0.2, 0.25) is 0 Å². The van der Waals surface area contributed by atoms with E-state index in [1.807, 2.05) is 0 Å². The summed E-state index contributed by atoms with van der Waals surface area (Å²) in [5.41, 5.74) is 0.627. The van der Waals surface area contributed by atoms with Crippen LogP contribution in [0.1, 0.15) is 44.6 Å². The highest BCUT2D eigenvalue weighted by Gasteiger charge is 2.25. The topological polar surface area (TPSA) is 12.0 Å². The number of hydrogen-bond donors (Lipinski definition) is 1. The first-order valence-corrected chi connectivity index (χ1v) is 7.38. The molecule has 0 aliphatic heterocycles. The molecule has 0 amide bonds. The minimum Gasteiger partial charge on any atom is -0.313 e. The van der Waals surface area contributed by atoms with E-state index in [0.29, 0.717) is 23.9 Å². The molecule has 1 nitrogen and oxygen atoms in total. The predicted octanol–water partition coefficient (Wildman–Crippen LogP) is 4.07. The first-order chi connectivity index (χ1) is 9.20. The molecule has 0 spiro atoms. The van der Waals surface area contributed by atoms with Crippen LogP contribution in [0, 0.1) is 17.6 Å². The van der Waals surface area contributed by atoms with Gasteiger partial charge >= 0.3 is 0 Å². The van der Waals surface area contributed by atoms with Crippen LogP contribution in [0.25, 0.3) is 0 Å². The average Bonchev–Trinajstić information content (AvgIpc) is 2.90. The Balaban J connectivity index is 2.05. The van der Waals surface area contributed by atoms with Gasteiger partial charge in [0.1, 0.15) is 11.6 Å². The average molecular weight is 267 g/mol. The summed E-state index contributed by atoms with van der Waals surface area (Å²) in [7, 11) is 0. The van der Waals surface area contributed by atoms with Crippen molar-refractivity contribution in [1.82, 2.24) is 5.32 Å². The van der Waals surface area contributed by atoms with Gasteiger partial charge in [-0.2, -0.15) is 0 Å². The Morgan fingerprint density at radius 2 is 2.00 bits per heavy atom. The van der Waals surface area contributed by atoms with Crippen molar-refractivity contribution in [2.75, 3.05) is 6.54 Å². The van der Waals surface area contributed by atoms with Gasteiger partial charge in [-0.3, -0.25) is 0 Å². The van der Waals surface area contributed by atoms with E-state index in [-0.39, 0.29) is 0 Å². The first kappa shape index (κ1) is 14.4. The van der Waals surface area contributed by atoms with Gasteiger partial charge in [-0.1, -0.05) is 25.8 Å². The lowest BCUT2D eigenvalue weighted by Crippen LogP contribution is -2.37. The zero-order chi connectivity index (χ0) is 13.7. The second-order valence-corrected chi connectivity index (χ2v) is 5.55. The third-order valence-corrected chi connectivity index (χ3v) is 4.08. The molecule has 1 N–H and O–H groups in total. The lowest BCUT2D eigenvalue weighted by Gasteiger charge is -2.25. The molecular weight excluding hydrogens is 244 g/mol. The van der Waals surface area contributed by atoms with E-state index in [2.05, 4.69) is 12.2 Å². The summed E-state index contributed by atoms with van der Waals surface area (Å²) < 4.78 is 26.7. The number of rotatable bonds is 6. The second kappa shape index (κ2) is 6.99. The number of benzene rings is 1. The summed E-state index contributed by atoms with van der Waals surface area (Å²) in [5, 5.41) is 3.54. The summed E-state index contributed by atoms with van der Waals surface area (Å²) in [5.74, 6) is -0.280. The Hall–Kier alpha value is -0.960. The monoisotopic (exact) mass is 267 g/mol. The van der Waals surface area contributed by atoms with Gasteiger partial charge in [0.05, 0.1) is 0 Å². The Labute approximate surface area is 114 Å². The minimum atomic E-state index is -0.500. The van der Waals surface area contributed by atoms with Crippen molar-refractivity contribution in [1.29, 1.82) is 0 Å². The molecule has 1 aromatic rings. The number of hydrogen-bond acceptors (Lipinski definition) is 1. The van der Waals surface area contributed by atoms with Crippen LogP contribution in [0.15, 0.2) is 18.2 Å². The molecule has 1 aliphatic carbocycles. The lowest BCUT2D eigenvalue weighted by atomic mass is 9.92. The van der Waals surface area contributed by atoms with Crippen LogP contribution in [0.4, 0.5) is 8.78 Å². The Bertz CT molecular complexity index is 400. The molecule has 1 aromatic carbocycles. The number of halogens is 2. The molecule has 1 fully saturated rings. The molecule has 0 aromatic heterocycles. The van der Waals surface area contributed by atoms with Crippen LogP contribution in [0.2, 0.25) is 0 Å². The fourth-order valence-electron chi connectivity index (χ4n) is 3.02. The smallest absolute Gasteiger partial charge is 0.129 e.